The van der Waals surface area contributed by atoms with Gasteiger partial charge in [0.25, 0.3) is 17.7 Å². The van der Waals surface area contributed by atoms with Gasteiger partial charge in [-0.25, -0.2) is 24.5 Å². The van der Waals surface area contributed by atoms with Crippen LogP contribution >= 0.6 is 11.6 Å². The number of pyridine rings is 6. The first-order valence-corrected chi connectivity index (χ1v) is 31.8. The molecule has 6 aromatic heterocycles. The number of rotatable bonds is 16. The summed E-state index contributed by atoms with van der Waals surface area (Å²) in [6.45, 7) is 9.37. The van der Waals surface area contributed by atoms with Crippen molar-refractivity contribution in [3.63, 3.8) is 0 Å². The summed E-state index contributed by atoms with van der Waals surface area (Å²) >= 11 is 5.53. The predicted octanol–water partition coefficient (Wildman–Crippen LogP) is 12.1. The first kappa shape index (κ1) is 83.0. The van der Waals surface area contributed by atoms with Gasteiger partial charge in [0.1, 0.15) is 16.8 Å². The number of aldehydes is 1. The van der Waals surface area contributed by atoms with E-state index >= 15 is 0 Å². The molecule has 0 saturated carbocycles. The van der Waals surface area contributed by atoms with Crippen LogP contribution in [0.4, 0.5) is 11.6 Å². The molecular formula is C76H88B2ClN12O8U. The van der Waals surface area contributed by atoms with Gasteiger partial charge in [-0.05, 0) is 174 Å². The molecule has 0 aliphatic carbocycles. The van der Waals surface area contributed by atoms with Crippen LogP contribution in [-0.2, 0) is 9.47 Å². The van der Waals surface area contributed by atoms with Crippen molar-refractivity contribution in [2.75, 3.05) is 62.3 Å². The zero-order valence-electron chi connectivity index (χ0n) is 55.1. The number of carbonyl (C=O) groups excluding carboxylic acids is 6. The molecule has 3 aliphatic heterocycles. The molecule has 100 heavy (non-hydrogen) atoms. The van der Waals surface area contributed by atoms with Gasteiger partial charge in [-0.3, -0.25) is 34.1 Å². The van der Waals surface area contributed by atoms with Crippen molar-refractivity contribution in [3.8, 4) is 33.4 Å². The quantitative estimate of drug-likeness (QED) is 0.0304. The molecule has 517 valence electrons. The third kappa shape index (κ3) is 25.7. The molecule has 3 saturated heterocycles. The molecule has 0 spiro atoms. The Hall–Kier alpha value is -9.39. The minimum absolute atomic E-state index is 0. The van der Waals surface area contributed by atoms with Crippen LogP contribution in [0.2, 0.25) is 5.15 Å². The molecular weight excluding hydrogens is 1500 g/mol. The summed E-state index contributed by atoms with van der Waals surface area (Å²) in [6, 6.07) is 45.4. The number of amides is 3. The second-order valence-electron chi connectivity index (χ2n) is 22.2. The van der Waals surface area contributed by atoms with Crippen LogP contribution in [0, 0.1) is 31.1 Å². The summed E-state index contributed by atoms with van der Waals surface area (Å²) in [5.74, 6) is 0.847. The topological polar surface area (TPSA) is 253 Å². The van der Waals surface area contributed by atoms with Crippen molar-refractivity contribution in [3.05, 3.63) is 240 Å². The van der Waals surface area contributed by atoms with E-state index in [1.807, 2.05) is 128 Å². The fraction of sp³-hybridized carbons (Fsp3) is 0.289. The van der Waals surface area contributed by atoms with Gasteiger partial charge in [0.2, 0.25) is 0 Å². The van der Waals surface area contributed by atoms with Crippen molar-refractivity contribution in [1.29, 1.82) is 1.34 Å². The van der Waals surface area contributed by atoms with Crippen molar-refractivity contribution in [2.45, 2.75) is 92.8 Å². The SMILES string of the molecule is C.C.C.CCOC(=O)c1ccc(Cl)nc1.CCOC(=O)c1ccc(N2CCC(NC(=O)c3cccc(-c4cccnc4)c3)CC2)nc1.O=C(NC1CCNCC1)c1cccc(-c2cccnc2)c1.O=Cc1ccc(N2CCC(NC(=O)c3cccc(-c4cccnc4)c3)CC2)nc1.[2H][B].[B].[U]. The normalized spacial score (nSPS) is 13.2. The minimum atomic E-state index is -0.373. The summed E-state index contributed by atoms with van der Waals surface area (Å²) in [6.07, 6.45) is 21.3. The monoisotopic (exact) mass is 1590 g/mol. The Bertz CT molecular complexity index is 3920. The Labute approximate surface area is 622 Å². The van der Waals surface area contributed by atoms with E-state index in [0.29, 0.717) is 51.7 Å². The molecule has 12 rings (SSSR count). The molecule has 3 fully saturated rings. The average molecular weight is 1590 g/mol. The molecule has 20 nitrogen and oxygen atoms in total. The zero-order valence-corrected chi connectivity index (χ0v) is 59.1. The van der Waals surface area contributed by atoms with E-state index in [1.54, 1.807) is 81.5 Å². The number of hydrogen-bond acceptors (Lipinski definition) is 17. The maximum atomic E-state index is 12.8. The molecule has 3 aromatic carbocycles. The van der Waals surface area contributed by atoms with E-state index in [9.17, 15) is 28.8 Å². The Morgan fingerprint density at radius 1 is 0.490 bits per heavy atom. The van der Waals surface area contributed by atoms with Gasteiger partial charge in [0.05, 0.1) is 24.3 Å². The van der Waals surface area contributed by atoms with E-state index in [1.165, 1.54) is 6.20 Å². The summed E-state index contributed by atoms with van der Waals surface area (Å²) in [7, 11) is 3.75. The largest absolute Gasteiger partial charge is 0.462 e. The number of benzene rings is 3. The standard InChI is InChI=1S/C25H26N4O3.C23H22N4O2.C17H19N3O.C8H8ClNO2.3CH4.BH.B.U/c1-2-32-25(31)21-8-9-23(27-17-21)29-13-10-22(11-14-29)28-24(30)19-6-3-5-18(15-19)20-7-4-12-26-16-20;28-16-17-6-7-22(25-14-17)27-11-8-21(9-12-27)26-23(29)19-4-1-3-18(13-19)20-5-2-10-24-15-20;21-17(20-16-6-9-18-10-7-16)14-4-1-3-13(11-14)15-5-2-8-19-12-15;1-2-12-8(11)6-3-4-7(9)10-5-6;;;;;;/h3-9,12,15-17,22H,2,10-11,13-14H2,1H3,(H,28,30);1-7,10,13-16,21H,8-9,11-12H2,(H,26,29);1-5,8,11-12,16,18H,6-7,9-10H2,(H,20,21);3-5H,2H2,1H3;3*1H4;1H;;/i;;;;;;;1D;;. The molecule has 0 bridgehead atoms. The van der Waals surface area contributed by atoms with Crippen LogP contribution in [0.15, 0.2) is 201 Å². The van der Waals surface area contributed by atoms with Gasteiger partial charge in [-0.2, -0.15) is 0 Å². The molecule has 0 unspecified atom stereocenters. The second kappa shape index (κ2) is 44.6. The number of halogens is 1. The van der Waals surface area contributed by atoms with Crippen LogP contribution < -0.4 is 31.1 Å². The smallest absolute Gasteiger partial charge is 0.339 e. The number of nitrogens with one attached hydrogen (secondary N) is 4. The van der Waals surface area contributed by atoms with E-state index < -0.39 is 0 Å². The van der Waals surface area contributed by atoms with Crippen LogP contribution in [0.1, 0.15) is 137 Å². The van der Waals surface area contributed by atoms with Crippen molar-refractivity contribution in [1.82, 2.24) is 51.2 Å². The van der Waals surface area contributed by atoms with Gasteiger partial charge >= 0.3 is 11.9 Å². The van der Waals surface area contributed by atoms with Crippen molar-refractivity contribution >= 4 is 76.0 Å². The predicted molar refractivity (Wildman–Crippen MR) is 396 cm³/mol. The second-order valence-corrected chi connectivity index (χ2v) is 22.6. The van der Waals surface area contributed by atoms with Gasteiger partial charge in [-0.1, -0.05) is 88.5 Å². The Morgan fingerprint density at radius 3 is 1.17 bits per heavy atom. The Balaban J connectivity index is 0.000000356. The van der Waals surface area contributed by atoms with Crippen molar-refractivity contribution in [2.24, 2.45) is 0 Å². The van der Waals surface area contributed by atoms with Gasteiger partial charge < -0.3 is 40.5 Å². The molecule has 9 aromatic rings. The first-order chi connectivity index (χ1) is 46.9. The summed E-state index contributed by atoms with van der Waals surface area (Å²) in [5.41, 5.74) is 9.40. The Kier molecular flexibility index (Phi) is 37.0. The van der Waals surface area contributed by atoms with Crippen LogP contribution in [0.5, 0.6) is 0 Å². The molecule has 3 amide bonds. The van der Waals surface area contributed by atoms with Crippen LogP contribution in [0.3, 0.4) is 0 Å². The number of ether oxygens (including phenoxy) is 2. The van der Waals surface area contributed by atoms with E-state index in [0.717, 1.165) is 129 Å². The van der Waals surface area contributed by atoms with Gasteiger partial charge in [-0.15, -0.1) is 0 Å². The van der Waals surface area contributed by atoms with Crippen molar-refractivity contribution < 1.29 is 69.4 Å². The molecule has 0 atom stereocenters. The van der Waals surface area contributed by atoms with E-state index in [4.69, 9.17) is 22.4 Å². The van der Waals surface area contributed by atoms with Crippen LogP contribution in [-0.4, -0.2) is 155 Å². The number of esters is 2. The average Bonchev–Trinajstić information content (AvgIpc) is 0.852. The minimum Gasteiger partial charge on any atom is -0.462 e. The first-order valence-electron chi connectivity index (χ1n) is 32.0. The maximum absolute atomic E-state index is 12.8. The molecule has 24 heteroatoms. The third-order valence-corrected chi connectivity index (χ3v) is 16.0. The molecule has 9 heterocycles. The van der Waals surface area contributed by atoms with Gasteiger partial charge in [0, 0.05) is 187 Å². The molecule has 5 radical (unpaired) electrons. The number of carbonyl (C=O) groups is 6. The number of piperidine rings is 3. The van der Waals surface area contributed by atoms with Gasteiger partial charge in [0.15, 0.2) is 6.29 Å². The summed E-state index contributed by atoms with van der Waals surface area (Å²) in [5, 5.41) is 13.1. The number of hydrogen-bond donors (Lipinski definition) is 4. The third-order valence-electron chi connectivity index (χ3n) is 15.7. The summed E-state index contributed by atoms with van der Waals surface area (Å²) < 4.78 is 15.0. The fourth-order valence-electron chi connectivity index (χ4n) is 10.7. The number of aromatic nitrogens is 6. The zero-order chi connectivity index (χ0) is 67.9. The summed E-state index contributed by atoms with van der Waals surface area (Å²) in [4.78, 5) is 101. The van der Waals surface area contributed by atoms with Crippen LogP contribution in [0.25, 0.3) is 33.4 Å². The van der Waals surface area contributed by atoms with E-state index in [-0.39, 0.29) is 110 Å². The number of anilines is 2. The fourth-order valence-corrected chi connectivity index (χ4v) is 10.8. The Morgan fingerprint density at radius 2 is 0.850 bits per heavy atom. The molecule has 3 aliphatic rings. The maximum Gasteiger partial charge on any atom is 0.339 e. The van der Waals surface area contributed by atoms with E-state index in [2.05, 4.69) is 69.3 Å². The number of nitrogens with zero attached hydrogens (tertiary/aromatic N) is 8. The molecule has 4 N–H and O–H groups in total.